The maximum absolute atomic E-state index is 8.91. The molecule has 1 aliphatic carbocycles. The van der Waals surface area contributed by atoms with Crippen LogP contribution in [0.2, 0.25) is 0 Å². The van der Waals surface area contributed by atoms with Crippen molar-refractivity contribution in [2.24, 2.45) is 11.3 Å². The summed E-state index contributed by atoms with van der Waals surface area (Å²) in [5.41, 5.74) is 0.516. The van der Waals surface area contributed by atoms with E-state index in [1.54, 1.807) is 0 Å². The van der Waals surface area contributed by atoms with E-state index in [2.05, 4.69) is 33.0 Å². The molecule has 0 spiro atoms. The van der Waals surface area contributed by atoms with Crippen molar-refractivity contribution in [1.82, 2.24) is 5.32 Å². The Morgan fingerprint density at radius 1 is 1.24 bits per heavy atom. The second kappa shape index (κ2) is 6.75. The van der Waals surface area contributed by atoms with Crippen LogP contribution in [0, 0.1) is 11.3 Å². The van der Waals surface area contributed by atoms with Crippen LogP contribution in [-0.4, -0.2) is 23.8 Å². The molecule has 0 bridgehead atoms. The number of aliphatic hydroxyl groups is 1. The lowest BCUT2D eigenvalue weighted by Gasteiger charge is -2.39. The smallest absolute Gasteiger partial charge is 0.0445 e. The monoisotopic (exact) mass is 241 g/mol. The quantitative estimate of drug-likeness (QED) is 0.747. The van der Waals surface area contributed by atoms with Crippen LogP contribution in [-0.2, 0) is 0 Å². The van der Waals surface area contributed by atoms with Crippen molar-refractivity contribution in [1.29, 1.82) is 0 Å². The third kappa shape index (κ3) is 4.59. The fourth-order valence-corrected chi connectivity index (χ4v) is 3.01. The van der Waals surface area contributed by atoms with E-state index in [9.17, 15) is 0 Å². The molecule has 1 aliphatic rings. The molecule has 1 atom stereocenters. The predicted octanol–water partition coefficient (Wildman–Crippen LogP) is 3.34. The molecule has 0 heterocycles. The Morgan fingerprint density at radius 2 is 1.82 bits per heavy atom. The summed E-state index contributed by atoms with van der Waals surface area (Å²) in [6.45, 7) is 9.62. The summed E-state index contributed by atoms with van der Waals surface area (Å²) in [4.78, 5) is 0. The number of hydrogen-bond acceptors (Lipinski definition) is 2. The Labute approximate surface area is 107 Å². The molecule has 2 nitrogen and oxygen atoms in total. The Hall–Kier alpha value is -0.0800. The number of rotatable bonds is 6. The van der Waals surface area contributed by atoms with Crippen molar-refractivity contribution in [3.8, 4) is 0 Å². The number of nitrogens with one attached hydrogen (secondary N) is 1. The first-order chi connectivity index (χ1) is 7.99. The fourth-order valence-electron chi connectivity index (χ4n) is 3.01. The van der Waals surface area contributed by atoms with E-state index < -0.39 is 0 Å². The van der Waals surface area contributed by atoms with Crippen molar-refractivity contribution < 1.29 is 5.11 Å². The summed E-state index contributed by atoms with van der Waals surface area (Å²) in [7, 11) is 0. The van der Waals surface area contributed by atoms with Gasteiger partial charge < -0.3 is 10.4 Å². The van der Waals surface area contributed by atoms with Gasteiger partial charge in [0.05, 0.1) is 0 Å². The van der Waals surface area contributed by atoms with Gasteiger partial charge in [-0.1, -0.05) is 27.2 Å². The van der Waals surface area contributed by atoms with E-state index in [1.165, 1.54) is 32.1 Å². The van der Waals surface area contributed by atoms with Crippen LogP contribution in [0.5, 0.6) is 0 Å². The fraction of sp³-hybridized carbons (Fsp3) is 1.00. The molecule has 1 unspecified atom stereocenters. The summed E-state index contributed by atoms with van der Waals surface area (Å²) in [5, 5.41) is 12.6. The molecule has 0 radical (unpaired) electrons. The second-order valence-corrected chi connectivity index (χ2v) is 6.47. The summed E-state index contributed by atoms with van der Waals surface area (Å²) >= 11 is 0. The van der Waals surface area contributed by atoms with Crippen molar-refractivity contribution in [2.75, 3.05) is 6.61 Å². The zero-order valence-electron chi connectivity index (χ0n) is 12.1. The van der Waals surface area contributed by atoms with Crippen LogP contribution in [0.15, 0.2) is 0 Å². The van der Waals surface area contributed by atoms with E-state index in [-0.39, 0.29) is 0 Å². The zero-order chi connectivity index (χ0) is 12.9. The Kier molecular flexibility index (Phi) is 5.94. The second-order valence-electron chi connectivity index (χ2n) is 6.47. The largest absolute Gasteiger partial charge is 0.396 e. The van der Waals surface area contributed by atoms with E-state index in [4.69, 9.17) is 5.11 Å². The van der Waals surface area contributed by atoms with Gasteiger partial charge in [0.15, 0.2) is 0 Å². The van der Waals surface area contributed by atoms with Gasteiger partial charge in [-0.15, -0.1) is 0 Å². The van der Waals surface area contributed by atoms with Crippen molar-refractivity contribution in [2.45, 2.75) is 78.3 Å². The molecule has 0 saturated heterocycles. The number of hydrogen-bond donors (Lipinski definition) is 2. The highest BCUT2D eigenvalue weighted by Crippen LogP contribution is 2.40. The lowest BCUT2D eigenvalue weighted by molar-refractivity contribution is 0.133. The van der Waals surface area contributed by atoms with Gasteiger partial charge in [0.2, 0.25) is 0 Å². The van der Waals surface area contributed by atoms with Crippen LogP contribution < -0.4 is 5.32 Å². The molecule has 102 valence electrons. The van der Waals surface area contributed by atoms with E-state index >= 15 is 0 Å². The molecule has 1 fully saturated rings. The minimum absolute atomic E-state index is 0.298. The molecule has 17 heavy (non-hydrogen) atoms. The standard InChI is InChI=1S/C15H31NO/c1-5-15(3,4)13-6-8-14(9-7-13)16-12(2)10-11-17/h12-14,16-17H,5-11H2,1-4H3. The first-order valence-corrected chi connectivity index (χ1v) is 7.36. The first kappa shape index (κ1) is 15.0. The maximum Gasteiger partial charge on any atom is 0.0445 e. The summed E-state index contributed by atoms with van der Waals surface area (Å²) in [5.74, 6) is 0.902. The van der Waals surface area contributed by atoms with Crippen molar-refractivity contribution >= 4 is 0 Å². The lowest BCUT2D eigenvalue weighted by atomic mass is 9.69. The molecule has 2 heteroatoms. The van der Waals surface area contributed by atoms with Gasteiger partial charge in [-0.05, 0) is 50.4 Å². The molecule has 0 amide bonds. The predicted molar refractivity (Wildman–Crippen MR) is 74.1 cm³/mol. The molecule has 1 saturated carbocycles. The maximum atomic E-state index is 8.91. The van der Waals surface area contributed by atoms with Crippen LogP contribution in [0.1, 0.15) is 66.2 Å². The summed E-state index contributed by atoms with van der Waals surface area (Å²) in [6, 6.07) is 1.14. The highest BCUT2D eigenvalue weighted by Gasteiger charge is 2.31. The lowest BCUT2D eigenvalue weighted by Crippen LogP contribution is -2.41. The van der Waals surface area contributed by atoms with Gasteiger partial charge in [0.25, 0.3) is 0 Å². The molecule has 0 aliphatic heterocycles. The Balaban J connectivity index is 2.31. The average molecular weight is 241 g/mol. The van der Waals surface area contributed by atoms with Crippen LogP contribution in [0.25, 0.3) is 0 Å². The highest BCUT2D eigenvalue weighted by molar-refractivity contribution is 4.85. The minimum Gasteiger partial charge on any atom is -0.396 e. The van der Waals surface area contributed by atoms with Gasteiger partial charge in [0, 0.05) is 18.7 Å². The minimum atomic E-state index is 0.298. The molecule has 1 rings (SSSR count). The van der Waals surface area contributed by atoms with Gasteiger partial charge in [-0.2, -0.15) is 0 Å². The van der Waals surface area contributed by atoms with Gasteiger partial charge in [-0.25, -0.2) is 0 Å². The normalized spacial score (nSPS) is 28.1. The van der Waals surface area contributed by atoms with Crippen LogP contribution in [0.3, 0.4) is 0 Å². The zero-order valence-corrected chi connectivity index (χ0v) is 12.1. The average Bonchev–Trinajstić information content (AvgIpc) is 2.30. The Bertz CT molecular complexity index is 207. The molecule has 0 aromatic rings. The number of aliphatic hydroxyl groups excluding tert-OH is 1. The molecule has 0 aromatic carbocycles. The van der Waals surface area contributed by atoms with Crippen molar-refractivity contribution in [3.63, 3.8) is 0 Å². The van der Waals surface area contributed by atoms with Gasteiger partial charge in [-0.3, -0.25) is 0 Å². The third-order valence-electron chi connectivity index (χ3n) is 4.83. The van der Waals surface area contributed by atoms with Gasteiger partial charge >= 0.3 is 0 Å². The van der Waals surface area contributed by atoms with Crippen LogP contribution in [0.4, 0.5) is 0 Å². The molecular weight excluding hydrogens is 210 g/mol. The van der Waals surface area contributed by atoms with E-state index in [0.717, 1.165) is 12.3 Å². The molecular formula is C15H31NO. The summed E-state index contributed by atoms with van der Waals surface area (Å²) < 4.78 is 0. The SMILES string of the molecule is CCC(C)(C)C1CCC(NC(C)CCO)CC1. The summed E-state index contributed by atoms with van der Waals surface area (Å²) in [6.07, 6.45) is 7.51. The van der Waals surface area contributed by atoms with E-state index in [1.807, 2.05) is 0 Å². The molecule has 0 aromatic heterocycles. The first-order valence-electron chi connectivity index (χ1n) is 7.36. The topological polar surface area (TPSA) is 32.3 Å². The van der Waals surface area contributed by atoms with E-state index in [0.29, 0.717) is 24.1 Å². The van der Waals surface area contributed by atoms with Crippen LogP contribution >= 0.6 is 0 Å². The molecule has 2 N–H and O–H groups in total. The Morgan fingerprint density at radius 3 is 2.29 bits per heavy atom. The van der Waals surface area contributed by atoms with Gasteiger partial charge in [0.1, 0.15) is 0 Å². The third-order valence-corrected chi connectivity index (χ3v) is 4.83. The highest BCUT2D eigenvalue weighted by atomic mass is 16.3. The van der Waals surface area contributed by atoms with Crippen molar-refractivity contribution in [3.05, 3.63) is 0 Å².